The van der Waals surface area contributed by atoms with Crippen molar-refractivity contribution in [3.8, 4) is 0 Å². The largest absolute Gasteiger partial charge is 0.368 e. The monoisotopic (exact) mass is 210 g/mol. The predicted octanol–water partition coefficient (Wildman–Crippen LogP) is 0.819. The normalized spacial score (nSPS) is 21.1. The maximum Gasteiger partial charge on any atom is 0.240 e. The molecule has 1 atom stereocenters. The molecule has 0 aliphatic carbocycles. The fraction of sp³-hybridized carbons (Fsp3) is 0.636. The number of carbonyl (C=O) groups excluding carboxylic acids is 2. The highest BCUT2D eigenvalue weighted by atomic mass is 16.2. The summed E-state index contributed by atoms with van der Waals surface area (Å²) in [6.45, 7) is 4.46. The minimum atomic E-state index is -0.444. The van der Waals surface area contributed by atoms with Crippen LogP contribution in [0, 0.1) is 0 Å². The molecule has 1 heterocycles. The molecule has 0 spiro atoms. The molecule has 1 aliphatic rings. The second-order valence-electron chi connectivity index (χ2n) is 3.80. The van der Waals surface area contributed by atoms with Crippen LogP contribution in [0.3, 0.4) is 0 Å². The van der Waals surface area contributed by atoms with Crippen LogP contribution >= 0.6 is 0 Å². The number of rotatable bonds is 4. The van der Waals surface area contributed by atoms with Crippen LogP contribution in [0.15, 0.2) is 11.6 Å². The lowest BCUT2D eigenvalue weighted by Gasteiger charge is -2.23. The van der Waals surface area contributed by atoms with Crippen molar-refractivity contribution in [1.82, 2.24) is 4.90 Å². The fourth-order valence-electron chi connectivity index (χ4n) is 1.94. The molecule has 4 nitrogen and oxygen atoms in total. The molecule has 1 fully saturated rings. The number of hydrogen-bond donors (Lipinski definition) is 1. The second kappa shape index (κ2) is 4.96. The van der Waals surface area contributed by atoms with Gasteiger partial charge in [0, 0.05) is 13.0 Å². The van der Waals surface area contributed by atoms with Gasteiger partial charge in [-0.3, -0.25) is 9.59 Å². The van der Waals surface area contributed by atoms with E-state index in [0.717, 1.165) is 12.0 Å². The Labute approximate surface area is 90.1 Å². The van der Waals surface area contributed by atoms with Crippen molar-refractivity contribution in [1.29, 1.82) is 0 Å². The second-order valence-corrected chi connectivity index (χ2v) is 3.80. The average Bonchev–Trinajstić information content (AvgIpc) is 2.49. The number of carbonyl (C=O) groups is 2. The summed E-state index contributed by atoms with van der Waals surface area (Å²) < 4.78 is 0. The number of primary amides is 1. The average molecular weight is 210 g/mol. The first kappa shape index (κ1) is 11.8. The smallest absolute Gasteiger partial charge is 0.240 e. The van der Waals surface area contributed by atoms with Gasteiger partial charge in [-0.1, -0.05) is 19.9 Å². The van der Waals surface area contributed by atoms with Gasteiger partial charge < -0.3 is 10.6 Å². The molecule has 1 rings (SSSR count). The van der Waals surface area contributed by atoms with E-state index in [2.05, 4.69) is 0 Å². The van der Waals surface area contributed by atoms with Gasteiger partial charge in [-0.25, -0.2) is 0 Å². The molecule has 0 aromatic heterocycles. The summed E-state index contributed by atoms with van der Waals surface area (Å²) >= 11 is 0. The molecule has 2 amide bonds. The first-order valence-electron chi connectivity index (χ1n) is 5.36. The van der Waals surface area contributed by atoms with Crippen molar-refractivity contribution in [2.45, 2.75) is 39.2 Å². The van der Waals surface area contributed by atoms with Crippen LogP contribution in [0.4, 0.5) is 0 Å². The van der Waals surface area contributed by atoms with Gasteiger partial charge >= 0.3 is 0 Å². The van der Waals surface area contributed by atoms with E-state index in [1.165, 1.54) is 0 Å². The minimum Gasteiger partial charge on any atom is -0.368 e. The van der Waals surface area contributed by atoms with Crippen LogP contribution in [0.25, 0.3) is 0 Å². The molecule has 0 radical (unpaired) electrons. The van der Waals surface area contributed by atoms with E-state index in [1.807, 2.05) is 19.9 Å². The first-order valence-corrected chi connectivity index (χ1v) is 5.36. The zero-order valence-corrected chi connectivity index (χ0v) is 9.32. The highest BCUT2D eigenvalue weighted by molar-refractivity contribution is 5.89. The quantitative estimate of drug-likeness (QED) is 0.698. The van der Waals surface area contributed by atoms with Gasteiger partial charge in [-0.05, 0) is 18.4 Å². The third-order valence-corrected chi connectivity index (χ3v) is 2.66. The topological polar surface area (TPSA) is 63.4 Å². The molecule has 0 unspecified atom stereocenters. The lowest BCUT2D eigenvalue weighted by molar-refractivity contribution is -0.136. The molecule has 15 heavy (non-hydrogen) atoms. The van der Waals surface area contributed by atoms with Crippen LogP contribution in [-0.4, -0.2) is 29.3 Å². The molecule has 2 N–H and O–H groups in total. The Hall–Kier alpha value is -1.32. The van der Waals surface area contributed by atoms with Crippen LogP contribution in [0.5, 0.6) is 0 Å². The van der Waals surface area contributed by atoms with Crippen LogP contribution in [0.1, 0.15) is 33.1 Å². The number of amides is 2. The van der Waals surface area contributed by atoms with E-state index in [-0.39, 0.29) is 5.91 Å². The zero-order valence-electron chi connectivity index (χ0n) is 9.32. The number of allylic oxidation sites excluding steroid dienone is 1. The van der Waals surface area contributed by atoms with E-state index in [1.54, 1.807) is 4.90 Å². The molecule has 1 saturated heterocycles. The summed E-state index contributed by atoms with van der Waals surface area (Å²) in [6.07, 6.45) is 3.99. The summed E-state index contributed by atoms with van der Waals surface area (Å²) in [5.41, 5.74) is 6.36. The van der Waals surface area contributed by atoms with Gasteiger partial charge in [0.2, 0.25) is 11.8 Å². The van der Waals surface area contributed by atoms with Gasteiger partial charge in [0.05, 0.1) is 0 Å². The lowest BCUT2D eigenvalue weighted by Crippen LogP contribution is -2.44. The Bertz CT molecular complexity index is 297. The molecule has 0 saturated carbocycles. The van der Waals surface area contributed by atoms with Crippen LogP contribution in [0.2, 0.25) is 0 Å². The Morgan fingerprint density at radius 3 is 2.73 bits per heavy atom. The molecule has 84 valence electrons. The summed E-state index contributed by atoms with van der Waals surface area (Å²) in [6, 6.07) is -0.444. The maximum absolute atomic E-state index is 11.6. The number of hydrogen-bond acceptors (Lipinski definition) is 2. The summed E-state index contributed by atoms with van der Waals surface area (Å²) in [4.78, 5) is 24.4. The molecular formula is C11H18N2O2. The van der Waals surface area contributed by atoms with E-state index in [9.17, 15) is 9.59 Å². The van der Waals surface area contributed by atoms with Crippen LogP contribution < -0.4 is 5.73 Å². The predicted molar refractivity (Wildman–Crippen MR) is 58.0 cm³/mol. The van der Waals surface area contributed by atoms with Crippen molar-refractivity contribution in [2.24, 2.45) is 5.73 Å². The SMILES string of the molecule is CC/C=C1/CC(=O)N([C@@H](CC)C(N)=O)C1. The highest BCUT2D eigenvalue weighted by Gasteiger charge is 2.32. The van der Waals surface area contributed by atoms with E-state index in [0.29, 0.717) is 19.4 Å². The standard InChI is InChI=1S/C11H18N2O2/c1-3-5-8-6-10(14)13(7-8)9(4-2)11(12)15/h5,9H,3-4,6-7H2,1-2H3,(H2,12,15)/b8-5-/t9-/m0/s1. The number of nitrogens with zero attached hydrogens (tertiary/aromatic N) is 1. The summed E-state index contributed by atoms with van der Waals surface area (Å²) in [5.74, 6) is -0.399. The van der Waals surface area contributed by atoms with Gasteiger partial charge in [-0.2, -0.15) is 0 Å². The third-order valence-electron chi connectivity index (χ3n) is 2.66. The van der Waals surface area contributed by atoms with Crippen molar-refractivity contribution >= 4 is 11.8 Å². The number of nitrogens with two attached hydrogens (primary N) is 1. The van der Waals surface area contributed by atoms with Crippen molar-refractivity contribution in [3.63, 3.8) is 0 Å². The molecule has 4 heteroatoms. The Balaban J connectivity index is 2.76. The van der Waals surface area contributed by atoms with E-state index in [4.69, 9.17) is 5.73 Å². The summed E-state index contributed by atoms with van der Waals surface area (Å²) in [7, 11) is 0. The minimum absolute atomic E-state index is 0.0142. The Morgan fingerprint density at radius 1 is 1.60 bits per heavy atom. The molecule has 0 bridgehead atoms. The molecule has 1 aliphatic heterocycles. The first-order chi connectivity index (χ1) is 7.10. The van der Waals surface area contributed by atoms with Gasteiger partial charge in [-0.15, -0.1) is 0 Å². The van der Waals surface area contributed by atoms with Gasteiger partial charge in [0.1, 0.15) is 6.04 Å². The maximum atomic E-state index is 11.6. The van der Waals surface area contributed by atoms with Crippen molar-refractivity contribution < 1.29 is 9.59 Å². The van der Waals surface area contributed by atoms with Gasteiger partial charge in [0.15, 0.2) is 0 Å². The fourth-order valence-corrected chi connectivity index (χ4v) is 1.94. The molecule has 0 aromatic carbocycles. The highest BCUT2D eigenvalue weighted by Crippen LogP contribution is 2.20. The lowest BCUT2D eigenvalue weighted by atomic mass is 10.2. The summed E-state index contributed by atoms with van der Waals surface area (Å²) in [5, 5.41) is 0. The molecular weight excluding hydrogens is 192 g/mol. The molecule has 0 aromatic rings. The van der Waals surface area contributed by atoms with E-state index >= 15 is 0 Å². The Kier molecular flexibility index (Phi) is 3.88. The Morgan fingerprint density at radius 2 is 2.27 bits per heavy atom. The number of likely N-dealkylation sites (tertiary alicyclic amines) is 1. The van der Waals surface area contributed by atoms with Crippen LogP contribution in [-0.2, 0) is 9.59 Å². The van der Waals surface area contributed by atoms with Gasteiger partial charge in [0.25, 0.3) is 0 Å². The van der Waals surface area contributed by atoms with Crippen molar-refractivity contribution in [3.05, 3.63) is 11.6 Å². The van der Waals surface area contributed by atoms with E-state index < -0.39 is 11.9 Å². The zero-order chi connectivity index (χ0) is 11.4. The third kappa shape index (κ3) is 2.58. The van der Waals surface area contributed by atoms with Crippen molar-refractivity contribution in [2.75, 3.05) is 6.54 Å².